The molecular formula is C16H19N. The van der Waals surface area contributed by atoms with Gasteiger partial charge >= 0.3 is 0 Å². The first-order valence-corrected chi connectivity index (χ1v) is 6.08. The van der Waals surface area contributed by atoms with Gasteiger partial charge in [0.25, 0.3) is 0 Å². The zero-order valence-electron chi connectivity index (χ0n) is 10.6. The minimum Gasteiger partial charge on any atom is -0.344 e. The van der Waals surface area contributed by atoms with E-state index < -0.39 is 0 Å². The highest BCUT2D eigenvalue weighted by atomic mass is 15.1. The van der Waals surface area contributed by atoms with E-state index in [9.17, 15) is 0 Å². The van der Waals surface area contributed by atoms with Crippen LogP contribution in [0.5, 0.6) is 0 Å². The first-order chi connectivity index (χ1) is 8.27. The van der Waals surface area contributed by atoms with E-state index >= 15 is 0 Å². The molecule has 2 rings (SSSR count). The third kappa shape index (κ3) is 2.19. The summed E-state index contributed by atoms with van der Waals surface area (Å²) in [4.78, 5) is 2.26. The Morgan fingerprint density at radius 1 is 1.24 bits per heavy atom. The van der Waals surface area contributed by atoms with Crippen LogP contribution >= 0.6 is 0 Å². The number of hydrogen-bond acceptors (Lipinski definition) is 1. The Hall–Kier alpha value is -1.76. The second kappa shape index (κ2) is 5.05. The van der Waals surface area contributed by atoms with Gasteiger partial charge in [-0.15, -0.1) is 0 Å². The molecule has 0 bridgehead atoms. The third-order valence-corrected chi connectivity index (χ3v) is 3.28. The predicted molar refractivity (Wildman–Crippen MR) is 75.2 cm³/mol. The molecule has 1 aromatic carbocycles. The number of allylic oxidation sites excluding steroid dienone is 4. The molecule has 0 unspecified atom stereocenters. The SMILES string of the molecule is C=CC1=C(/C=C\C)N(C)c2ccccc2CC1. The van der Waals surface area contributed by atoms with Gasteiger partial charge < -0.3 is 4.90 Å². The lowest BCUT2D eigenvalue weighted by atomic mass is 10.0. The molecule has 1 aromatic rings. The summed E-state index contributed by atoms with van der Waals surface area (Å²) in [6, 6.07) is 8.61. The van der Waals surface area contributed by atoms with Gasteiger partial charge in [-0.3, -0.25) is 0 Å². The smallest absolute Gasteiger partial charge is 0.0440 e. The van der Waals surface area contributed by atoms with Crippen molar-refractivity contribution < 1.29 is 0 Å². The van der Waals surface area contributed by atoms with Gasteiger partial charge in [0, 0.05) is 18.4 Å². The molecule has 1 heteroatoms. The van der Waals surface area contributed by atoms with Crippen LogP contribution in [0.2, 0.25) is 0 Å². The molecule has 0 atom stereocenters. The molecule has 1 aliphatic rings. The van der Waals surface area contributed by atoms with Gasteiger partial charge in [0.05, 0.1) is 0 Å². The van der Waals surface area contributed by atoms with Gasteiger partial charge in [-0.1, -0.05) is 36.9 Å². The fraction of sp³-hybridized carbons (Fsp3) is 0.250. The predicted octanol–water partition coefficient (Wildman–Crippen LogP) is 4.09. The molecule has 0 amide bonds. The summed E-state index contributed by atoms with van der Waals surface area (Å²) in [5, 5.41) is 0. The Balaban J connectivity index is 2.53. The summed E-state index contributed by atoms with van der Waals surface area (Å²) in [5.74, 6) is 0. The van der Waals surface area contributed by atoms with E-state index in [1.54, 1.807) is 0 Å². The highest BCUT2D eigenvalue weighted by Crippen LogP contribution is 2.31. The summed E-state index contributed by atoms with van der Waals surface area (Å²) in [6.45, 7) is 5.99. The Kier molecular flexibility index (Phi) is 3.48. The lowest BCUT2D eigenvalue weighted by Crippen LogP contribution is -2.16. The molecule has 0 saturated carbocycles. The van der Waals surface area contributed by atoms with E-state index in [-0.39, 0.29) is 0 Å². The zero-order chi connectivity index (χ0) is 12.3. The maximum atomic E-state index is 3.94. The third-order valence-electron chi connectivity index (χ3n) is 3.28. The zero-order valence-corrected chi connectivity index (χ0v) is 10.6. The molecule has 0 fully saturated rings. The monoisotopic (exact) mass is 225 g/mol. The molecule has 0 aromatic heterocycles. The van der Waals surface area contributed by atoms with Crippen LogP contribution in [-0.2, 0) is 6.42 Å². The number of aryl methyl sites for hydroxylation is 1. The average molecular weight is 225 g/mol. The maximum Gasteiger partial charge on any atom is 0.0440 e. The van der Waals surface area contributed by atoms with Crippen molar-refractivity contribution in [2.45, 2.75) is 19.8 Å². The number of benzene rings is 1. The maximum absolute atomic E-state index is 3.94. The standard InChI is InChI=1S/C16H19N/c1-4-8-15-13(5-2)11-12-14-9-6-7-10-16(14)17(15)3/h4-10H,2,11-12H2,1,3H3/b8-4-. The van der Waals surface area contributed by atoms with Crippen molar-refractivity contribution in [2.24, 2.45) is 0 Å². The van der Waals surface area contributed by atoms with E-state index in [0.29, 0.717) is 0 Å². The molecule has 1 heterocycles. The average Bonchev–Trinajstić information content (AvgIpc) is 2.49. The molecular weight excluding hydrogens is 206 g/mol. The van der Waals surface area contributed by atoms with E-state index in [2.05, 4.69) is 61.9 Å². The van der Waals surface area contributed by atoms with Crippen molar-refractivity contribution in [1.82, 2.24) is 0 Å². The van der Waals surface area contributed by atoms with Gasteiger partial charge in [0.2, 0.25) is 0 Å². The molecule has 1 nitrogen and oxygen atoms in total. The molecule has 0 saturated heterocycles. The van der Waals surface area contributed by atoms with Gasteiger partial charge in [-0.2, -0.15) is 0 Å². The van der Waals surface area contributed by atoms with Crippen LogP contribution in [0.4, 0.5) is 5.69 Å². The van der Waals surface area contributed by atoms with Crippen molar-refractivity contribution in [1.29, 1.82) is 0 Å². The van der Waals surface area contributed by atoms with Gasteiger partial charge in [0.15, 0.2) is 0 Å². The molecule has 88 valence electrons. The van der Waals surface area contributed by atoms with Gasteiger partial charge in [-0.25, -0.2) is 0 Å². The normalized spacial score (nSPS) is 16.0. The lowest BCUT2D eigenvalue weighted by Gasteiger charge is -2.22. The largest absolute Gasteiger partial charge is 0.344 e. The van der Waals surface area contributed by atoms with Gasteiger partial charge in [-0.05, 0) is 43.0 Å². The quantitative estimate of drug-likeness (QED) is 0.733. The summed E-state index contributed by atoms with van der Waals surface area (Å²) in [5.41, 5.74) is 5.29. The van der Waals surface area contributed by atoms with Crippen molar-refractivity contribution in [3.8, 4) is 0 Å². The summed E-state index contributed by atoms with van der Waals surface area (Å²) in [7, 11) is 2.13. The number of fused-ring (bicyclic) bond motifs is 1. The molecule has 0 aliphatic carbocycles. The number of nitrogens with zero attached hydrogens (tertiary/aromatic N) is 1. The number of para-hydroxylation sites is 1. The Labute approximate surface area is 104 Å². The van der Waals surface area contributed by atoms with Crippen LogP contribution in [0.25, 0.3) is 0 Å². The second-order valence-electron chi connectivity index (χ2n) is 4.30. The second-order valence-corrected chi connectivity index (χ2v) is 4.30. The topological polar surface area (TPSA) is 3.24 Å². The van der Waals surface area contributed by atoms with Crippen LogP contribution < -0.4 is 4.90 Å². The van der Waals surface area contributed by atoms with E-state index in [1.165, 1.54) is 22.5 Å². The lowest BCUT2D eigenvalue weighted by molar-refractivity contribution is 0.974. The molecule has 0 radical (unpaired) electrons. The molecule has 0 spiro atoms. The van der Waals surface area contributed by atoms with E-state index in [4.69, 9.17) is 0 Å². The van der Waals surface area contributed by atoms with E-state index in [0.717, 1.165) is 12.8 Å². The fourth-order valence-electron chi connectivity index (χ4n) is 2.38. The Morgan fingerprint density at radius 3 is 2.71 bits per heavy atom. The van der Waals surface area contributed by atoms with Crippen molar-refractivity contribution in [3.63, 3.8) is 0 Å². The number of rotatable bonds is 2. The number of anilines is 1. The number of likely N-dealkylation sites (N-methyl/N-ethyl adjacent to an activating group) is 1. The minimum atomic E-state index is 1.06. The fourth-order valence-corrected chi connectivity index (χ4v) is 2.38. The highest BCUT2D eigenvalue weighted by Gasteiger charge is 2.16. The van der Waals surface area contributed by atoms with Gasteiger partial charge in [0.1, 0.15) is 0 Å². The Bertz CT molecular complexity index is 480. The van der Waals surface area contributed by atoms with Crippen LogP contribution in [-0.4, -0.2) is 7.05 Å². The summed E-state index contributed by atoms with van der Waals surface area (Å²) < 4.78 is 0. The van der Waals surface area contributed by atoms with Crippen molar-refractivity contribution in [3.05, 3.63) is 65.9 Å². The summed E-state index contributed by atoms with van der Waals surface area (Å²) >= 11 is 0. The van der Waals surface area contributed by atoms with Crippen LogP contribution in [0, 0.1) is 0 Å². The minimum absolute atomic E-state index is 1.06. The highest BCUT2D eigenvalue weighted by molar-refractivity contribution is 5.62. The molecule has 17 heavy (non-hydrogen) atoms. The van der Waals surface area contributed by atoms with Crippen LogP contribution in [0.3, 0.4) is 0 Å². The van der Waals surface area contributed by atoms with E-state index in [1.807, 2.05) is 6.08 Å². The summed E-state index contributed by atoms with van der Waals surface area (Å²) in [6.07, 6.45) is 8.38. The first-order valence-electron chi connectivity index (χ1n) is 6.08. The number of hydrogen-bond donors (Lipinski definition) is 0. The van der Waals surface area contributed by atoms with Crippen LogP contribution in [0.15, 0.2) is 60.3 Å². The van der Waals surface area contributed by atoms with Crippen molar-refractivity contribution in [2.75, 3.05) is 11.9 Å². The van der Waals surface area contributed by atoms with Crippen molar-refractivity contribution >= 4 is 5.69 Å². The molecule has 0 N–H and O–H groups in total. The molecule has 1 aliphatic heterocycles. The Morgan fingerprint density at radius 2 is 2.00 bits per heavy atom. The van der Waals surface area contributed by atoms with Crippen LogP contribution in [0.1, 0.15) is 18.9 Å². The first kappa shape index (κ1) is 11.7.